The first-order valence-corrected chi connectivity index (χ1v) is 21.3. The van der Waals surface area contributed by atoms with Gasteiger partial charge in [0.15, 0.2) is 0 Å². The van der Waals surface area contributed by atoms with E-state index in [4.69, 9.17) is 9.47 Å². The van der Waals surface area contributed by atoms with E-state index in [1.54, 1.807) is 0 Å². The van der Waals surface area contributed by atoms with Gasteiger partial charge in [0.2, 0.25) is 0 Å². The van der Waals surface area contributed by atoms with Gasteiger partial charge in [0.25, 0.3) is 0 Å². The van der Waals surface area contributed by atoms with Crippen LogP contribution in [0.5, 0.6) is 11.5 Å². The van der Waals surface area contributed by atoms with Crippen molar-refractivity contribution in [2.75, 3.05) is 24.9 Å². The summed E-state index contributed by atoms with van der Waals surface area (Å²) in [7, 11) is -12.6. The number of anilines is 2. The van der Waals surface area contributed by atoms with Crippen molar-refractivity contribution in [1.29, 1.82) is 0 Å². The molecule has 2 N–H and O–H groups in total. The van der Waals surface area contributed by atoms with Crippen molar-refractivity contribution in [1.82, 2.24) is 0 Å². The number of ether oxygens (including phenoxy) is 2. The zero-order valence-corrected chi connectivity index (χ0v) is 47.8. The third-order valence-corrected chi connectivity index (χ3v) is 11.5. The van der Waals surface area contributed by atoms with Gasteiger partial charge in [-0.25, -0.2) is 30.0 Å². The predicted molar refractivity (Wildman–Crippen MR) is 207 cm³/mol. The second-order valence-electron chi connectivity index (χ2n) is 11.9. The molecular weight excluding hydrogens is 997 g/mol. The van der Waals surface area contributed by atoms with Gasteiger partial charge in [0.05, 0.1) is 75.1 Å². The normalized spacial score (nSPS) is 11.6. The maximum Gasteiger partial charge on any atom is 1.00 e. The molecule has 0 radical (unpaired) electrons. The first kappa shape index (κ1) is 59.3. The number of hydrogen-bond acceptors (Lipinski definition) is 20. The van der Waals surface area contributed by atoms with E-state index in [1.807, 2.05) is 0 Å². The van der Waals surface area contributed by atoms with E-state index in [0.717, 1.165) is 30.3 Å². The number of amides is 2. The van der Waals surface area contributed by atoms with Gasteiger partial charge in [0.1, 0.15) is 41.9 Å². The van der Waals surface area contributed by atoms with Crippen LogP contribution in [0.1, 0.15) is 0 Å². The van der Waals surface area contributed by atoms with E-state index in [2.05, 4.69) is 40.5 Å². The summed E-state index contributed by atoms with van der Waals surface area (Å²) in [6.07, 6.45) is 0. The van der Waals surface area contributed by atoms with E-state index in [-0.39, 0.29) is 234 Å². The molecular formula is C35H24K2N6Na2O15S4. The van der Waals surface area contributed by atoms with E-state index in [1.165, 1.54) is 80.9 Å². The number of nitrogens with zero attached hydrogens (tertiary/aromatic N) is 4. The van der Waals surface area contributed by atoms with E-state index in [0.29, 0.717) is 12.0 Å². The molecule has 0 unspecified atom stereocenters. The second-order valence-corrected chi connectivity index (χ2v) is 16.7. The molecule has 0 spiro atoms. The average molecular weight is 1020 g/mol. The summed E-state index contributed by atoms with van der Waals surface area (Å²) in [4.78, 5) is 11.1. The monoisotopic (exact) mass is 1020 g/mol. The molecule has 0 aliphatic carbocycles. The number of carbonyl (C=O) groups excluding carboxylic acids is 1. The molecule has 2 amide bonds. The molecule has 29 heteroatoms. The third kappa shape index (κ3) is 15.1. The summed E-state index contributed by atoms with van der Waals surface area (Å²) in [5.74, 6) is 0.213. The van der Waals surface area contributed by atoms with Crippen LogP contribution in [-0.4, -0.2) is 59.2 Å². The second kappa shape index (κ2) is 25.7. The van der Waals surface area contributed by atoms with Crippen LogP contribution in [-0.2, 0) is 39.7 Å². The Labute approximate surface area is 498 Å². The topological polar surface area (TPSA) is 322 Å². The van der Waals surface area contributed by atoms with Gasteiger partial charge < -0.3 is 39.0 Å². The smallest absolute Gasteiger partial charge is 0.744 e. The Morgan fingerprint density at radius 2 is 0.969 bits per heavy atom. The molecule has 6 rings (SSSR count). The minimum absolute atomic E-state index is 0. The summed E-state index contributed by atoms with van der Waals surface area (Å²) >= 11 is 0.489. The number of benzene rings is 6. The van der Waals surface area contributed by atoms with E-state index in [9.17, 15) is 49.0 Å². The van der Waals surface area contributed by atoms with Crippen LogP contribution in [0.4, 0.5) is 38.9 Å². The molecule has 6 aromatic rings. The average Bonchev–Trinajstić information content (AvgIpc) is 3.20. The minimum atomic E-state index is -5.15. The van der Waals surface area contributed by atoms with Crippen molar-refractivity contribution in [3.8, 4) is 11.5 Å². The maximum atomic E-state index is 13.1. The van der Waals surface area contributed by atoms with Crippen LogP contribution in [0.2, 0.25) is 0 Å². The predicted octanol–water partition coefficient (Wildman–Crippen LogP) is -5.56. The SMILES string of the molecule is COc1cc(N=Nc2cc(S(=O)(=O)[O-])c3cccc(SOO[O-])c3c2)ccc1NC(=O)Nc1ccc(N=Nc2cc(S(=O)(=O)[O-])c3cccc(S(=O)(=O)[O-])c3c2)cc1OC.[K+].[K+].[Na+].[Na+]. The van der Waals surface area contributed by atoms with Crippen LogP contribution in [0.25, 0.3) is 21.5 Å². The fourth-order valence-electron chi connectivity index (χ4n) is 5.69. The molecule has 64 heavy (non-hydrogen) atoms. The van der Waals surface area contributed by atoms with Crippen LogP contribution in [0, 0.1) is 0 Å². The molecule has 0 bridgehead atoms. The largest absolute Gasteiger partial charge is 1.00 e. The number of nitrogens with one attached hydrogen (secondary N) is 2. The number of rotatable bonds is 14. The van der Waals surface area contributed by atoms with Gasteiger partial charge in [-0.2, -0.15) is 24.8 Å². The van der Waals surface area contributed by atoms with Crippen molar-refractivity contribution in [2.24, 2.45) is 20.5 Å². The fraction of sp³-hybridized carbons (Fsp3) is 0.0571. The number of urea groups is 1. The van der Waals surface area contributed by atoms with Crippen molar-refractivity contribution < 1.29 is 230 Å². The number of fused-ring (bicyclic) bond motifs is 2. The van der Waals surface area contributed by atoms with Crippen LogP contribution in [0.3, 0.4) is 0 Å². The molecule has 0 fully saturated rings. The Balaban J connectivity index is 0.00000352. The zero-order valence-electron chi connectivity index (χ0n) is 34.3. The molecule has 312 valence electrons. The standard InChI is InChI=1S/C35H28N6O15S4.2K.2Na/c1-53-29-15-19(38-40-21-13-25-23(33(17-21)59(47,48)49)5-3-7-31(25)57-56-55-43)9-11-27(29)36-35(42)37-28-12-10-20(16-30(28)54-2)39-41-22-14-26-24(34(18-22)60(50,51)52)6-4-8-32(26)58(44,45)46;;;;/h3-18,43H,1-2H3,(H2,36,37,42)(H,44,45,46)(H,47,48,49)(H,50,51,52);;;;/q;4*+1/p-4. The molecule has 0 aromatic heterocycles. The van der Waals surface area contributed by atoms with Crippen molar-refractivity contribution in [3.63, 3.8) is 0 Å². The van der Waals surface area contributed by atoms with Gasteiger partial charge in [-0.1, -0.05) is 24.3 Å². The summed E-state index contributed by atoms with van der Waals surface area (Å²) in [6.45, 7) is 0. The number of azo groups is 2. The van der Waals surface area contributed by atoms with Gasteiger partial charge in [-0.3, -0.25) is 5.04 Å². The summed E-state index contributed by atoms with van der Waals surface area (Å²) in [6, 6.07) is 19.7. The van der Waals surface area contributed by atoms with Gasteiger partial charge in [-0.05, 0) is 60.7 Å². The number of hydrogen-bond donors (Lipinski definition) is 2. The van der Waals surface area contributed by atoms with Gasteiger partial charge in [-0.15, -0.1) is 0 Å². The molecule has 6 aromatic carbocycles. The Hall–Kier alpha value is -0.857. The molecule has 0 aliphatic rings. The van der Waals surface area contributed by atoms with Crippen molar-refractivity contribution in [3.05, 3.63) is 97.1 Å². The summed E-state index contributed by atoms with van der Waals surface area (Å²) < 4.78 is 123. The van der Waals surface area contributed by atoms with Crippen LogP contribution >= 0.6 is 12.0 Å². The zero-order chi connectivity index (χ0) is 43.4. The van der Waals surface area contributed by atoms with Crippen LogP contribution < -0.4 is 187 Å². The Bertz CT molecular complexity index is 3100. The first-order chi connectivity index (χ1) is 28.4. The van der Waals surface area contributed by atoms with Gasteiger partial charge in [0, 0.05) is 38.6 Å². The Kier molecular flexibility index (Phi) is 23.8. The van der Waals surface area contributed by atoms with Crippen molar-refractivity contribution in [2.45, 2.75) is 19.6 Å². The molecule has 0 saturated carbocycles. The minimum Gasteiger partial charge on any atom is -0.744 e. The summed E-state index contributed by atoms with van der Waals surface area (Å²) in [5, 5.41) is 34.7. The number of methoxy groups -OCH3 is 2. The van der Waals surface area contributed by atoms with Gasteiger partial charge >= 0.3 is 168 Å². The molecule has 0 saturated heterocycles. The summed E-state index contributed by atoms with van der Waals surface area (Å²) in [5.41, 5.74) is 0.315. The quantitative estimate of drug-likeness (QED) is 0.0257. The van der Waals surface area contributed by atoms with Crippen LogP contribution in [0.15, 0.2) is 137 Å². The maximum absolute atomic E-state index is 13.1. The Morgan fingerprint density at radius 1 is 0.547 bits per heavy atom. The molecule has 0 aliphatic heterocycles. The van der Waals surface area contributed by atoms with Crippen molar-refractivity contribution >= 4 is 104 Å². The van der Waals surface area contributed by atoms with E-state index >= 15 is 0 Å². The molecule has 0 atom stereocenters. The first-order valence-electron chi connectivity index (χ1n) is 16.3. The number of carbonyl (C=O) groups is 1. The molecule has 21 nitrogen and oxygen atoms in total. The van der Waals surface area contributed by atoms with E-state index < -0.39 is 51.1 Å². The third-order valence-electron chi connectivity index (χ3n) is 8.19. The Morgan fingerprint density at radius 3 is 1.41 bits per heavy atom. The molecule has 0 heterocycles. The fourth-order valence-corrected chi connectivity index (χ4v) is 8.29.